The third kappa shape index (κ3) is 6.81. The van der Waals surface area contributed by atoms with Crippen molar-refractivity contribution in [2.24, 2.45) is 5.10 Å². The summed E-state index contributed by atoms with van der Waals surface area (Å²) in [7, 11) is 4.78. The zero-order chi connectivity index (χ0) is 28.7. The van der Waals surface area contributed by atoms with E-state index in [0.29, 0.717) is 28.0 Å². The molecule has 4 aromatic rings. The minimum absolute atomic E-state index is 0.0384. The van der Waals surface area contributed by atoms with Gasteiger partial charge in [-0.05, 0) is 53.4 Å². The van der Waals surface area contributed by atoms with Crippen molar-refractivity contribution < 1.29 is 19.0 Å². The van der Waals surface area contributed by atoms with Crippen LogP contribution in [0.2, 0.25) is 0 Å². The summed E-state index contributed by atoms with van der Waals surface area (Å²) in [6, 6.07) is 21.3. The van der Waals surface area contributed by atoms with E-state index in [0.717, 1.165) is 17.0 Å². The number of nitrogens with zero attached hydrogens (tertiary/aromatic N) is 4. The number of amides is 1. The Morgan fingerprint density at radius 3 is 2.23 bits per heavy atom. The fraction of sp³-hybridized carbons (Fsp3) is 0.267. The Kier molecular flexibility index (Phi) is 9.11. The first-order chi connectivity index (χ1) is 19.2. The maximum absolute atomic E-state index is 12.6. The third-order valence-electron chi connectivity index (χ3n) is 6.14. The lowest BCUT2D eigenvalue weighted by atomic mass is 9.87. The highest BCUT2D eigenvalue weighted by Gasteiger charge is 2.19. The number of hydrogen-bond acceptors (Lipinski definition) is 8. The van der Waals surface area contributed by atoms with E-state index in [9.17, 15) is 4.79 Å². The van der Waals surface area contributed by atoms with Crippen LogP contribution >= 0.6 is 11.8 Å². The van der Waals surface area contributed by atoms with E-state index in [2.05, 4.69) is 53.6 Å². The van der Waals surface area contributed by atoms with Crippen LogP contribution in [-0.2, 0) is 10.2 Å². The van der Waals surface area contributed by atoms with Crippen LogP contribution in [0.4, 0.5) is 0 Å². The van der Waals surface area contributed by atoms with Gasteiger partial charge in [-0.15, -0.1) is 10.2 Å². The second-order valence-corrected chi connectivity index (χ2v) is 10.8. The quantitative estimate of drug-likeness (QED) is 0.156. The zero-order valence-corrected chi connectivity index (χ0v) is 24.3. The smallest absolute Gasteiger partial charge is 0.250 e. The molecule has 0 saturated carbocycles. The van der Waals surface area contributed by atoms with Gasteiger partial charge in [-0.1, -0.05) is 56.8 Å². The molecule has 0 atom stereocenters. The lowest BCUT2D eigenvalue weighted by molar-refractivity contribution is -0.118. The monoisotopic (exact) mass is 559 g/mol. The highest BCUT2D eigenvalue weighted by atomic mass is 32.2. The van der Waals surface area contributed by atoms with Crippen LogP contribution in [0.15, 0.2) is 77.0 Å². The molecule has 0 radical (unpaired) electrons. The lowest BCUT2D eigenvalue weighted by Crippen LogP contribution is -2.20. The third-order valence-corrected chi connectivity index (χ3v) is 7.06. The SMILES string of the molecule is COc1ccc(-n2c(SCC(=O)N/N=C\c3cc(OC)ccc3OC)nnc2-c2ccc(C(C)(C)C)cc2)cc1. The predicted molar refractivity (Wildman–Crippen MR) is 158 cm³/mol. The number of thioether (sulfide) groups is 1. The molecule has 4 rings (SSSR count). The molecule has 0 fully saturated rings. The van der Waals surface area contributed by atoms with Crippen molar-refractivity contribution in [1.82, 2.24) is 20.2 Å². The average Bonchev–Trinajstić information content (AvgIpc) is 3.39. The minimum atomic E-state index is -0.288. The molecule has 3 aromatic carbocycles. The molecule has 0 aliphatic carbocycles. The number of methoxy groups -OCH3 is 3. The van der Waals surface area contributed by atoms with Gasteiger partial charge in [0.2, 0.25) is 0 Å². The van der Waals surface area contributed by atoms with E-state index in [1.807, 2.05) is 41.0 Å². The molecule has 40 heavy (non-hydrogen) atoms. The first-order valence-corrected chi connectivity index (χ1v) is 13.6. The summed E-state index contributed by atoms with van der Waals surface area (Å²) < 4.78 is 17.9. The molecule has 1 amide bonds. The second-order valence-electron chi connectivity index (χ2n) is 9.86. The first kappa shape index (κ1) is 28.7. The molecule has 9 nitrogen and oxygen atoms in total. The Morgan fingerprint density at radius 2 is 1.60 bits per heavy atom. The van der Waals surface area contributed by atoms with Gasteiger partial charge in [-0.25, -0.2) is 5.43 Å². The number of benzene rings is 3. The number of rotatable bonds is 10. The Bertz CT molecular complexity index is 1480. The molecule has 1 N–H and O–H groups in total. The van der Waals surface area contributed by atoms with Crippen LogP contribution in [-0.4, -0.2) is 54.0 Å². The van der Waals surface area contributed by atoms with Gasteiger partial charge in [0.05, 0.1) is 33.3 Å². The summed E-state index contributed by atoms with van der Waals surface area (Å²) in [4.78, 5) is 12.6. The lowest BCUT2D eigenvalue weighted by Gasteiger charge is -2.19. The molecule has 0 unspecified atom stereocenters. The molecule has 0 saturated heterocycles. The van der Waals surface area contributed by atoms with Crippen LogP contribution in [0.5, 0.6) is 17.2 Å². The highest BCUT2D eigenvalue weighted by Crippen LogP contribution is 2.31. The standard InChI is InChI=1S/C30H33N5O4S/c1-30(2,3)22-9-7-20(8-10-22)28-33-34-29(35(28)23-11-13-24(37-4)14-12-23)40-19-27(36)32-31-18-21-17-25(38-5)15-16-26(21)39-6/h7-18H,19H2,1-6H3,(H,32,36)/b31-18-. The molecular weight excluding hydrogens is 526 g/mol. The van der Waals surface area contributed by atoms with Gasteiger partial charge < -0.3 is 14.2 Å². The summed E-state index contributed by atoms with van der Waals surface area (Å²) in [6.45, 7) is 6.54. The molecule has 10 heteroatoms. The molecule has 208 valence electrons. The van der Waals surface area contributed by atoms with Crippen LogP contribution in [0, 0.1) is 0 Å². The van der Waals surface area contributed by atoms with E-state index < -0.39 is 0 Å². The maximum atomic E-state index is 12.6. The van der Waals surface area contributed by atoms with Crippen molar-refractivity contribution in [3.63, 3.8) is 0 Å². The Hall–Kier alpha value is -4.31. The summed E-state index contributed by atoms with van der Waals surface area (Å²) in [5.41, 5.74) is 6.28. The van der Waals surface area contributed by atoms with Crippen molar-refractivity contribution in [3.05, 3.63) is 77.9 Å². The van der Waals surface area contributed by atoms with Crippen LogP contribution in [0.25, 0.3) is 17.1 Å². The van der Waals surface area contributed by atoms with Gasteiger partial charge in [0.1, 0.15) is 17.2 Å². The summed E-state index contributed by atoms with van der Waals surface area (Å²) in [6.07, 6.45) is 1.52. The molecule has 0 spiro atoms. The molecule has 0 aliphatic heterocycles. The number of carbonyl (C=O) groups excluding carboxylic acids is 1. The van der Waals surface area contributed by atoms with Crippen molar-refractivity contribution in [1.29, 1.82) is 0 Å². The maximum Gasteiger partial charge on any atom is 0.250 e. The van der Waals surface area contributed by atoms with E-state index in [1.165, 1.54) is 23.5 Å². The Balaban J connectivity index is 1.54. The largest absolute Gasteiger partial charge is 0.497 e. The molecule has 1 aromatic heterocycles. The van der Waals surface area contributed by atoms with E-state index >= 15 is 0 Å². The topological polar surface area (TPSA) is 99.9 Å². The molecule has 0 aliphatic rings. The van der Waals surface area contributed by atoms with Crippen molar-refractivity contribution in [2.45, 2.75) is 31.3 Å². The second kappa shape index (κ2) is 12.7. The summed E-state index contributed by atoms with van der Waals surface area (Å²) >= 11 is 1.27. The van der Waals surface area contributed by atoms with Gasteiger partial charge in [-0.2, -0.15) is 5.10 Å². The van der Waals surface area contributed by atoms with Crippen molar-refractivity contribution in [2.75, 3.05) is 27.1 Å². The fourth-order valence-electron chi connectivity index (χ4n) is 3.91. The number of hydrazone groups is 1. The molecule has 1 heterocycles. The van der Waals surface area contributed by atoms with Crippen LogP contribution in [0.3, 0.4) is 0 Å². The highest BCUT2D eigenvalue weighted by molar-refractivity contribution is 7.99. The van der Waals surface area contributed by atoms with Gasteiger partial charge in [0.25, 0.3) is 5.91 Å². The van der Waals surface area contributed by atoms with Gasteiger partial charge in [0.15, 0.2) is 11.0 Å². The number of aromatic nitrogens is 3. The van der Waals surface area contributed by atoms with Crippen molar-refractivity contribution >= 4 is 23.9 Å². The number of nitrogens with one attached hydrogen (secondary N) is 1. The number of carbonyl (C=O) groups is 1. The Morgan fingerprint density at radius 1 is 0.925 bits per heavy atom. The van der Waals surface area contributed by atoms with E-state index in [1.54, 1.807) is 39.5 Å². The number of hydrogen-bond donors (Lipinski definition) is 1. The minimum Gasteiger partial charge on any atom is -0.497 e. The molecular formula is C30H33N5O4S. The number of ether oxygens (including phenoxy) is 3. The first-order valence-electron chi connectivity index (χ1n) is 12.6. The van der Waals surface area contributed by atoms with Crippen LogP contribution in [0.1, 0.15) is 31.9 Å². The summed E-state index contributed by atoms with van der Waals surface area (Å²) in [5, 5.41) is 13.6. The van der Waals surface area contributed by atoms with Gasteiger partial charge in [0, 0.05) is 16.8 Å². The Labute approximate surface area is 238 Å². The van der Waals surface area contributed by atoms with Gasteiger partial charge >= 0.3 is 0 Å². The van der Waals surface area contributed by atoms with E-state index in [-0.39, 0.29) is 17.1 Å². The van der Waals surface area contributed by atoms with Crippen molar-refractivity contribution in [3.8, 4) is 34.3 Å². The fourth-order valence-corrected chi connectivity index (χ4v) is 4.65. The van der Waals surface area contributed by atoms with E-state index in [4.69, 9.17) is 14.2 Å². The normalized spacial score (nSPS) is 11.4. The zero-order valence-electron chi connectivity index (χ0n) is 23.5. The molecule has 0 bridgehead atoms. The van der Waals surface area contributed by atoms with Crippen LogP contribution < -0.4 is 19.6 Å². The average molecular weight is 560 g/mol. The van der Waals surface area contributed by atoms with Gasteiger partial charge in [-0.3, -0.25) is 9.36 Å². The predicted octanol–water partition coefficient (Wildman–Crippen LogP) is 5.50. The summed E-state index contributed by atoms with van der Waals surface area (Å²) in [5.74, 6) is 2.49.